The lowest BCUT2D eigenvalue weighted by Crippen LogP contribution is -2.04. The van der Waals surface area contributed by atoms with Gasteiger partial charge in [-0.1, -0.05) is 18.5 Å². The highest BCUT2D eigenvalue weighted by Crippen LogP contribution is 2.45. The minimum Gasteiger partial charge on any atom is -0.506 e. The summed E-state index contributed by atoms with van der Waals surface area (Å²) in [5, 5.41) is 19.0. The first-order valence-corrected chi connectivity index (χ1v) is 5.18. The molecule has 1 atom stereocenters. The number of benzene rings is 1. The smallest absolute Gasteiger partial charge is 0.166 e. The molecule has 2 N–H and O–H groups in total. The molecule has 0 heterocycles. The van der Waals surface area contributed by atoms with Crippen LogP contribution in [0.5, 0.6) is 17.2 Å². The van der Waals surface area contributed by atoms with Gasteiger partial charge in [0.2, 0.25) is 0 Å². The van der Waals surface area contributed by atoms with Crippen LogP contribution in [0.3, 0.4) is 0 Å². The lowest BCUT2D eigenvalue weighted by atomic mass is 10.00. The highest BCUT2D eigenvalue weighted by atomic mass is 35.5. The first-order chi connectivity index (χ1) is 7.56. The number of hydrogen-bond acceptors (Lipinski definition) is 4. The fourth-order valence-corrected chi connectivity index (χ4v) is 1.84. The van der Waals surface area contributed by atoms with Crippen LogP contribution in [-0.4, -0.2) is 31.0 Å². The fraction of sp³-hybridized carbons (Fsp3) is 0.455. The normalized spacial score (nSPS) is 12.3. The maximum atomic E-state index is 9.63. The van der Waals surface area contributed by atoms with Crippen LogP contribution in [-0.2, 0) is 0 Å². The summed E-state index contributed by atoms with van der Waals surface area (Å²) in [5.74, 6) is 0.490. The van der Waals surface area contributed by atoms with E-state index >= 15 is 0 Å². The van der Waals surface area contributed by atoms with Crippen LogP contribution in [0.25, 0.3) is 0 Å². The van der Waals surface area contributed by atoms with Gasteiger partial charge >= 0.3 is 0 Å². The largest absolute Gasteiger partial charge is 0.506 e. The highest BCUT2D eigenvalue weighted by molar-refractivity contribution is 6.33. The van der Waals surface area contributed by atoms with Gasteiger partial charge in [0.15, 0.2) is 11.5 Å². The number of aliphatic hydroxyl groups excluding tert-OH is 1. The van der Waals surface area contributed by atoms with Gasteiger partial charge in [-0.25, -0.2) is 0 Å². The van der Waals surface area contributed by atoms with Crippen molar-refractivity contribution in [2.24, 2.45) is 0 Å². The predicted octanol–water partition coefficient (Wildman–Crippen LogP) is 2.16. The van der Waals surface area contributed by atoms with Crippen LogP contribution in [0.4, 0.5) is 0 Å². The number of hydrogen-bond donors (Lipinski definition) is 2. The number of phenolic OH excluding ortho intramolecular Hbond substituents is 1. The van der Waals surface area contributed by atoms with Crippen molar-refractivity contribution in [3.05, 3.63) is 16.7 Å². The Bertz CT molecular complexity index is 379. The molecule has 4 nitrogen and oxygen atoms in total. The van der Waals surface area contributed by atoms with E-state index in [0.717, 1.165) is 0 Å². The van der Waals surface area contributed by atoms with Crippen molar-refractivity contribution in [2.75, 3.05) is 20.8 Å². The van der Waals surface area contributed by atoms with Crippen molar-refractivity contribution in [3.63, 3.8) is 0 Å². The van der Waals surface area contributed by atoms with Gasteiger partial charge in [0.05, 0.1) is 19.2 Å². The lowest BCUT2D eigenvalue weighted by molar-refractivity contribution is 0.267. The summed E-state index contributed by atoms with van der Waals surface area (Å²) in [4.78, 5) is 0. The first kappa shape index (κ1) is 12.9. The summed E-state index contributed by atoms with van der Waals surface area (Å²) in [5.41, 5.74) is 0.545. The van der Waals surface area contributed by atoms with Crippen molar-refractivity contribution in [2.45, 2.75) is 12.8 Å². The summed E-state index contributed by atoms with van der Waals surface area (Å²) in [7, 11) is 2.96. The molecule has 1 aromatic rings. The average Bonchev–Trinajstić information content (AvgIpc) is 2.30. The highest BCUT2D eigenvalue weighted by Gasteiger charge is 2.22. The fourth-order valence-electron chi connectivity index (χ4n) is 1.52. The van der Waals surface area contributed by atoms with E-state index in [4.69, 9.17) is 26.2 Å². The van der Waals surface area contributed by atoms with Crippen molar-refractivity contribution in [1.29, 1.82) is 0 Å². The van der Waals surface area contributed by atoms with E-state index in [1.807, 2.05) is 0 Å². The Balaban J connectivity index is 3.46. The molecule has 0 saturated heterocycles. The Hall–Kier alpha value is -1.13. The molecule has 16 heavy (non-hydrogen) atoms. The molecule has 1 aromatic carbocycles. The Morgan fingerprint density at radius 3 is 2.44 bits per heavy atom. The van der Waals surface area contributed by atoms with Gasteiger partial charge in [0.25, 0.3) is 0 Å². The third-order valence-electron chi connectivity index (χ3n) is 2.39. The molecule has 90 valence electrons. The number of ether oxygens (including phenoxy) is 2. The molecule has 1 rings (SSSR count). The van der Waals surface area contributed by atoms with Gasteiger partial charge in [-0.3, -0.25) is 0 Å². The Morgan fingerprint density at radius 1 is 1.38 bits per heavy atom. The number of aliphatic hydroxyl groups is 1. The molecule has 0 aliphatic rings. The third-order valence-corrected chi connectivity index (χ3v) is 2.79. The summed E-state index contributed by atoms with van der Waals surface area (Å²) < 4.78 is 10.3. The second-order valence-corrected chi connectivity index (χ2v) is 3.82. The predicted molar refractivity (Wildman–Crippen MR) is 61.7 cm³/mol. The van der Waals surface area contributed by atoms with Crippen LogP contribution >= 0.6 is 11.6 Å². The number of rotatable bonds is 4. The van der Waals surface area contributed by atoms with E-state index in [9.17, 15) is 5.11 Å². The van der Waals surface area contributed by atoms with E-state index in [1.165, 1.54) is 20.3 Å². The zero-order valence-corrected chi connectivity index (χ0v) is 10.2. The molecule has 0 saturated carbocycles. The van der Waals surface area contributed by atoms with E-state index in [1.54, 1.807) is 6.92 Å². The summed E-state index contributed by atoms with van der Waals surface area (Å²) in [6.45, 7) is 1.69. The third kappa shape index (κ3) is 2.18. The second kappa shape index (κ2) is 5.27. The number of aromatic hydroxyl groups is 1. The first-order valence-electron chi connectivity index (χ1n) is 4.81. The van der Waals surface area contributed by atoms with Gasteiger partial charge in [-0.2, -0.15) is 0 Å². The number of phenols is 1. The van der Waals surface area contributed by atoms with E-state index in [0.29, 0.717) is 17.1 Å². The van der Waals surface area contributed by atoms with E-state index < -0.39 is 0 Å². The lowest BCUT2D eigenvalue weighted by Gasteiger charge is -2.18. The molecule has 0 fully saturated rings. The van der Waals surface area contributed by atoms with Gasteiger partial charge < -0.3 is 19.7 Å². The maximum absolute atomic E-state index is 9.63. The Labute approximate surface area is 99.4 Å². The summed E-state index contributed by atoms with van der Waals surface area (Å²) in [6, 6.07) is 1.38. The SMILES string of the molecule is COc1cc(O)c(Cl)c(C(C)CO)c1OC. The molecule has 0 bridgehead atoms. The van der Waals surface area contributed by atoms with Crippen molar-refractivity contribution >= 4 is 11.6 Å². The summed E-state index contributed by atoms with van der Waals surface area (Å²) in [6.07, 6.45) is 0. The number of halogens is 1. The average molecular weight is 247 g/mol. The van der Waals surface area contributed by atoms with Gasteiger partial charge in [-0.15, -0.1) is 0 Å². The molecular weight excluding hydrogens is 232 g/mol. The second-order valence-electron chi connectivity index (χ2n) is 3.44. The van der Waals surface area contributed by atoms with Crippen LogP contribution in [0.15, 0.2) is 6.07 Å². The van der Waals surface area contributed by atoms with Crippen LogP contribution in [0, 0.1) is 0 Å². The standard InChI is InChI=1S/C11H15ClO4/c1-6(5-13)9-10(12)7(14)4-8(15-2)11(9)16-3/h4,6,13-14H,5H2,1-3H3. The van der Waals surface area contributed by atoms with Crippen molar-refractivity contribution in [3.8, 4) is 17.2 Å². The van der Waals surface area contributed by atoms with Crippen LogP contribution in [0.1, 0.15) is 18.4 Å². The Kier molecular flexibility index (Phi) is 4.26. The molecule has 5 heteroatoms. The van der Waals surface area contributed by atoms with Gasteiger partial charge in [0, 0.05) is 24.2 Å². The van der Waals surface area contributed by atoms with Gasteiger partial charge in [-0.05, 0) is 0 Å². The monoisotopic (exact) mass is 246 g/mol. The topological polar surface area (TPSA) is 58.9 Å². The molecule has 0 radical (unpaired) electrons. The van der Waals surface area contributed by atoms with Gasteiger partial charge in [0.1, 0.15) is 5.75 Å². The zero-order chi connectivity index (χ0) is 12.3. The summed E-state index contributed by atoms with van der Waals surface area (Å²) >= 11 is 5.98. The van der Waals surface area contributed by atoms with E-state index in [2.05, 4.69) is 0 Å². The molecule has 0 aromatic heterocycles. The zero-order valence-electron chi connectivity index (χ0n) is 9.45. The number of methoxy groups -OCH3 is 2. The van der Waals surface area contributed by atoms with Crippen molar-refractivity contribution in [1.82, 2.24) is 0 Å². The maximum Gasteiger partial charge on any atom is 0.166 e. The molecule has 1 unspecified atom stereocenters. The van der Waals surface area contributed by atoms with Crippen molar-refractivity contribution < 1.29 is 19.7 Å². The van der Waals surface area contributed by atoms with E-state index in [-0.39, 0.29) is 23.3 Å². The quantitative estimate of drug-likeness (QED) is 0.855. The van der Waals surface area contributed by atoms with Crippen LogP contribution < -0.4 is 9.47 Å². The molecule has 0 spiro atoms. The minimum absolute atomic E-state index is 0.0883. The molecule has 0 amide bonds. The molecule has 0 aliphatic heterocycles. The minimum atomic E-state index is -0.247. The molecular formula is C11H15ClO4. The van der Waals surface area contributed by atoms with Crippen LogP contribution in [0.2, 0.25) is 5.02 Å². The Morgan fingerprint density at radius 2 is 2.00 bits per heavy atom. The molecule has 0 aliphatic carbocycles.